The summed E-state index contributed by atoms with van der Waals surface area (Å²) in [4.78, 5) is 29.2. The predicted octanol–water partition coefficient (Wildman–Crippen LogP) is -0.00630. The lowest BCUT2D eigenvalue weighted by Crippen LogP contribution is -2.50. The van der Waals surface area contributed by atoms with Crippen LogP contribution in [0.25, 0.3) is 0 Å². The Morgan fingerprint density at radius 1 is 1.13 bits per heavy atom. The average molecular weight is 417 g/mol. The van der Waals surface area contributed by atoms with Crippen molar-refractivity contribution in [2.24, 2.45) is 0 Å². The average Bonchev–Trinajstić information content (AvgIpc) is 3.23. The smallest absolute Gasteiger partial charge is 0.251 e. The van der Waals surface area contributed by atoms with E-state index < -0.39 is 18.2 Å². The van der Waals surface area contributed by atoms with E-state index in [0.29, 0.717) is 30.2 Å². The van der Waals surface area contributed by atoms with Crippen molar-refractivity contribution in [3.63, 3.8) is 0 Å². The minimum absolute atomic E-state index is 0.0392. The van der Waals surface area contributed by atoms with Gasteiger partial charge in [-0.25, -0.2) is 0 Å². The number of benzene rings is 1. The van der Waals surface area contributed by atoms with Crippen LogP contribution in [0.3, 0.4) is 0 Å². The van der Waals surface area contributed by atoms with Gasteiger partial charge >= 0.3 is 0 Å². The van der Waals surface area contributed by atoms with E-state index in [0.717, 1.165) is 13.1 Å². The third-order valence-electron chi connectivity index (χ3n) is 5.63. The minimum Gasteiger partial charge on any atom is -0.454 e. The molecule has 0 aromatic heterocycles. The van der Waals surface area contributed by atoms with E-state index in [2.05, 4.69) is 10.2 Å². The summed E-state index contributed by atoms with van der Waals surface area (Å²) >= 11 is 0. The molecule has 162 valence electrons. The van der Waals surface area contributed by atoms with Gasteiger partial charge in [0.05, 0.1) is 25.2 Å². The van der Waals surface area contributed by atoms with Crippen molar-refractivity contribution in [1.29, 1.82) is 0 Å². The zero-order chi connectivity index (χ0) is 21.1. The second-order valence-corrected chi connectivity index (χ2v) is 7.74. The number of hydrogen-bond acceptors (Lipinski definition) is 7. The molecule has 0 saturated carbocycles. The van der Waals surface area contributed by atoms with Crippen molar-refractivity contribution >= 4 is 11.8 Å². The summed E-state index contributed by atoms with van der Waals surface area (Å²) in [5, 5.41) is 12.6. The molecule has 1 aromatic rings. The van der Waals surface area contributed by atoms with Gasteiger partial charge in [-0.2, -0.15) is 0 Å². The second-order valence-electron chi connectivity index (χ2n) is 7.74. The molecule has 1 saturated heterocycles. The molecule has 3 heterocycles. The van der Waals surface area contributed by atoms with E-state index >= 15 is 0 Å². The first-order chi connectivity index (χ1) is 14.5. The Bertz CT molecular complexity index is 821. The highest BCUT2D eigenvalue weighted by molar-refractivity contribution is 5.95. The standard InChI is InChI=1S/C21H27N3O6/c1-23-6-8-24(9-7-23)20(26)11-15-3-4-16(19(12-25)30-15)22-21(27)14-2-5-17-18(10-14)29-13-28-17/h2-5,10,15-16,19,25H,6-9,11-13H2,1H3,(H,22,27)/t15-,16-,19+/m1/s1. The van der Waals surface area contributed by atoms with Crippen LogP contribution in [0.15, 0.2) is 30.4 Å². The number of aliphatic hydroxyl groups is 1. The van der Waals surface area contributed by atoms with Crippen molar-refractivity contribution < 1.29 is 28.9 Å². The molecule has 1 aromatic carbocycles. The Balaban J connectivity index is 1.34. The highest BCUT2D eigenvalue weighted by Crippen LogP contribution is 2.32. The van der Waals surface area contributed by atoms with Gasteiger partial charge in [-0.1, -0.05) is 12.2 Å². The molecule has 2 amide bonds. The molecule has 9 heteroatoms. The molecule has 30 heavy (non-hydrogen) atoms. The van der Waals surface area contributed by atoms with Crippen LogP contribution in [0.4, 0.5) is 0 Å². The highest BCUT2D eigenvalue weighted by Gasteiger charge is 2.31. The maximum absolute atomic E-state index is 12.6. The van der Waals surface area contributed by atoms with Gasteiger partial charge in [0.15, 0.2) is 11.5 Å². The number of amides is 2. The summed E-state index contributed by atoms with van der Waals surface area (Å²) in [7, 11) is 2.04. The number of rotatable bonds is 5. The lowest BCUT2D eigenvalue weighted by atomic mass is 10.0. The van der Waals surface area contributed by atoms with Gasteiger partial charge < -0.3 is 34.4 Å². The summed E-state index contributed by atoms with van der Waals surface area (Å²) in [6.07, 6.45) is 2.74. The van der Waals surface area contributed by atoms with Crippen molar-refractivity contribution in [2.45, 2.75) is 24.7 Å². The van der Waals surface area contributed by atoms with Gasteiger partial charge in [-0.05, 0) is 25.2 Å². The van der Waals surface area contributed by atoms with E-state index in [4.69, 9.17) is 14.2 Å². The van der Waals surface area contributed by atoms with Crippen molar-refractivity contribution in [3.05, 3.63) is 35.9 Å². The third-order valence-corrected chi connectivity index (χ3v) is 5.63. The Kier molecular flexibility index (Phi) is 6.21. The van der Waals surface area contributed by atoms with Crippen LogP contribution in [-0.4, -0.2) is 91.6 Å². The maximum Gasteiger partial charge on any atom is 0.251 e. The summed E-state index contributed by atoms with van der Waals surface area (Å²) in [6, 6.07) is 4.47. The fourth-order valence-corrected chi connectivity index (χ4v) is 3.77. The lowest BCUT2D eigenvalue weighted by Gasteiger charge is -2.35. The van der Waals surface area contributed by atoms with Gasteiger partial charge in [0.1, 0.15) is 6.10 Å². The number of piperazine rings is 1. The first-order valence-electron chi connectivity index (χ1n) is 10.1. The van der Waals surface area contributed by atoms with Gasteiger partial charge in [0.25, 0.3) is 5.91 Å². The highest BCUT2D eigenvalue weighted by atomic mass is 16.7. The van der Waals surface area contributed by atoms with Crippen LogP contribution >= 0.6 is 0 Å². The van der Waals surface area contributed by atoms with Crippen LogP contribution < -0.4 is 14.8 Å². The van der Waals surface area contributed by atoms with Gasteiger partial charge in [-0.15, -0.1) is 0 Å². The Morgan fingerprint density at radius 2 is 1.90 bits per heavy atom. The van der Waals surface area contributed by atoms with Crippen molar-refractivity contribution in [3.8, 4) is 11.5 Å². The molecule has 0 radical (unpaired) electrons. The summed E-state index contributed by atoms with van der Waals surface area (Å²) < 4.78 is 16.5. The third kappa shape index (κ3) is 4.58. The molecule has 3 aliphatic rings. The van der Waals surface area contributed by atoms with Gasteiger partial charge in [-0.3, -0.25) is 9.59 Å². The van der Waals surface area contributed by atoms with E-state index in [-0.39, 0.29) is 31.6 Å². The number of likely N-dealkylation sites (N-methyl/N-ethyl adjacent to an activating group) is 1. The normalized spacial score (nSPS) is 25.9. The van der Waals surface area contributed by atoms with Crippen LogP contribution in [0.1, 0.15) is 16.8 Å². The fraction of sp³-hybridized carbons (Fsp3) is 0.524. The maximum atomic E-state index is 12.6. The Hall–Kier alpha value is -2.62. The summed E-state index contributed by atoms with van der Waals surface area (Å²) in [6.45, 7) is 3.02. The first kappa shape index (κ1) is 20.6. The lowest BCUT2D eigenvalue weighted by molar-refractivity contribution is -0.137. The van der Waals surface area contributed by atoms with Crippen LogP contribution in [-0.2, 0) is 9.53 Å². The zero-order valence-corrected chi connectivity index (χ0v) is 17.0. The summed E-state index contributed by atoms with van der Waals surface area (Å²) in [5.74, 6) is 0.863. The molecule has 0 bridgehead atoms. The number of fused-ring (bicyclic) bond motifs is 1. The number of nitrogens with one attached hydrogen (secondary N) is 1. The fourth-order valence-electron chi connectivity index (χ4n) is 3.77. The van der Waals surface area contributed by atoms with Crippen LogP contribution in [0.2, 0.25) is 0 Å². The van der Waals surface area contributed by atoms with E-state index in [1.54, 1.807) is 30.4 Å². The van der Waals surface area contributed by atoms with E-state index in [9.17, 15) is 14.7 Å². The number of carbonyl (C=O) groups excluding carboxylic acids is 2. The van der Waals surface area contributed by atoms with Gasteiger partial charge in [0.2, 0.25) is 12.7 Å². The molecular formula is C21H27N3O6. The topological polar surface area (TPSA) is 101 Å². The quantitative estimate of drug-likeness (QED) is 0.650. The number of ether oxygens (including phenoxy) is 3. The molecule has 2 N–H and O–H groups in total. The zero-order valence-electron chi connectivity index (χ0n) is 17.0. The molecule has 0 spiro atoms. The molecular weight excluding hydrogens is 390 g/mol. The molecule has 1 fully saturated rings. The number of hydrogen-bond donors (Lipinski definition) is 2. The monoisotopic (exact) mass is 417 g/mol. The van der Waals surface area contributed by atoms with Crippen molar-refractivity contribution in [1.82, 2.24) is 15.1 Å². The number of nitrogens with zero attached hydrogens (tertiary/aromatic N) is 2. The molecule has 3 atom stereocenters. The molecule has 0 unspecified atom stereocenters. The van der Waals surface area contributed by atoms with E-state index in [1.807, 2.05) is 11.9 Å². The van der Waals surface area contributed by atoms with Crippen molar-refractivity contribution in [2.75, 3.05) is 46.6 Å². The Morgan fingerprint density at radius 3 is 2.67 bits per heavy atom. The number of aliphatic hydroxyl groups excluding tert-OH is 1. The second kappa shape index (κ2) is 9.03. The molecule has 3 aliphatic heterocycles. The summed E-state index contributed by atoms with van der Waals surface area (Å²) in [5.41, 5.74) is 0.428. The Labute approximate surface area is 175 Å². The minimum atomic E-state index is -0.627. The first-order valence-corrected chi connectivity index (χ1v) is 10.1. The molecule has 9 nitrogen and oxygen atoms in total. The van der Waals surface area contributed by atoms with E-state index in [1.165, 1.54) is 0 Å². The molecule has 4 rings (SSSR count). The number of carbonyl (C=O) groups is 2. The predicted molar refractivity (Wildman–Crippen MR) is 107 cm³/mol. The largest absolute Gasteiger partial charge is 0.454 e. The molecule has 0 aliphatic carbocycles. The van der Waals surface area contributed by atoms with Gasteiger partial charge in [0, 0.05) is 31.7 Å². The SMILES string of the molecule is CN1CCN(C(=O)C[C@H]2C=C[C@@H](NC(=O)c3ccc4c(c3)OCO4)[C@H](CO)O2)CC1. The van der Waals surface area contributed by atoms with Crippen LogP contribution in [0, 0.1) is 0 Å². The van der Waals surface area contributed by atoms with Crippen LogP contribution in [0.5, 0.6) is 11.5 Å².